The van der Waals surface area contributed by atoms with E-state index in [1.807, 2.05) is 36.1 Å². The van der Waals surface area contributed by atoms with Crippen molar-refractivity contribution < 1.29 is 9.53 Å². The van der Waals surface area contributed by atoms with Gasteiger partial charge in [0.1, 0.15) is 5.75 Å². The van der Waals surface area contributed by atoms with Gasteiger partial charge in [-0.1, -0.05) is 18.2 Å². The molecule has 1 fully saturated rings. The average molecular weight is 327 g/mol. The van der Waals surface area contributed by atoms with Gasteiger partial charge in [-0.3, -0.25) is 9.48 Å². The zero-order chi connectivity index (χ0) is 17.1. The largest absolute Gasteiger partial charge is 0.496 e. The standard InChI is InChI=1S/C19H25N3O2/c1-14-11-15(2)22(20-14)17-8-6-10-21(13-17)19(23)12-16-7-4-5-9-18(16)24-3/h4-5,7,9,11,17H,6,8,10,12-13H2,1-3H3/t17-/m1/s1. The lowest BCUT2D eigenvalue weighted by molar-refractivity contribution is -0.132. The second-order valence-electron chi connectivity index (χ2n) is 6.50. The van der Waals surface area contributed by atoms with E-state index in [4.69, 9.17) is 4.74 Å². The number of para-hydroxylation sites is 1. The predicted molar refractivity (Wildman–Crippen MR) is 93.3 cm³/mol. The maximum atomic E-state index is 12.7. The fourth-order valence-corrected chi connectivity index (χ4v) is 3.52. The first kappa shape index (κ1) is 16.6. The number of aryl methyl sites for hydroxylation is 2. The molecule has 24 heavy (non-hydrogen) atoms. The molecule has 0 N–H and O–H groups in total. The summed E-state index contributed by atoms with van der Waals surface area (Å²) in [5.41, 5.74) is 3.14. The molecule has 0 unspecified atom stereocenters. The molecular weight excluding hydrogens is 302 g/mol. The smallest absolute Gasteiger partial charge is 0.227 e. The van der Waals surface area contributed by atoms with E-state index >= 15 is 0 Å². The zero-order valence-corrected chi connectivity index (χ0v) is 14.7. The fourth-order valence-electron chi connectivity index (χ4n) is 3.52. The third-order valence-electron chi connectivity index (χ3n) is 4.67. The van der Waals surface area contributed by atoms with Crippen LogP contribution >= 0.6 is 0 Å². The Kier molecular flexibility index (Phi) is 4.88. The summed E-state index contributed by atoms with van der Waals surface area (Å²) in [7, 11) is 1.64. The lowest BCUT2D eigenvalue weighted by atomic mass is 10.0. The molecule has 1 amide bonds. The quantitative estimate of drug-likeness (QED) is 0.867. The van der Waals surface area contributed by atoms with Crippen LogP contribution in [0.15, 0.2) is 30.3 Å². The highest BCUT2D eigenvalue weighted by Gasteiger charge is 2.26. The van der Waals surface area contributed by atoms with Gasteiger partial charge in [-0.25, -0.2) is 0 Å². The average Bonchev–Trinajstić information content (AvgIpc) is 2.94. The Morgan fingerprint density at radius 3 is 2.83 bits per heavy atom. The molecule has 0 saturated carbocycles. The SMILES string of the molecule is COc1ccccc1CC(=O)N1CCC[C@@H](n2nc(C)cc2C)C1. The number of nitrogens with zero attached hydrogens (tertiary/aromatic N) is 3. The Labute approximate surface area is 143 Å². The highest BCUT2D eigenvalue weighted by molar-refractivity contribution is 5.79. The number of ether oxygens (including phenoxy) is 1. The van der Waals surface area contributed by atoms with Crippen LogP contribution in [0.2, 0.25) is 0 Å². The molecule has 0 aliphatic carbocycles. The number of benzene rings is 1. The molecule has 0 spiro atoms. The third-order valence-corrected chi connectivity index (χ3v) is 4.67. The van der Waals surface area contributed by atoms with E-state index < -0.39 is 0 Å². The van der Waals surface area contributed by atoms with Crippen molar-refractivity contribution in [2.24, 2.45) is 0 Å². The molecule has 5 nitrogen and oxygen atoms in total. The Morgan fingerprint density at radius 1 is 1.33 bits per heavy atom. The minimum atomic E-state index is 0.158. The number of rotatable bonds is 4. The Balaban J connectivity index is 1.70. The summed E-state index contributed by atoms with van der Waals surface area (Å²) >= 11 is 0. The number of hydrogen-bond donors (Lipinski definition) is 0. The molecule has 0 radical (unpaired) electrons. The van der Waals surface area contributed by atoms with Crippen molar-refractivity contribution in [3.05, 3.63) is 47.3 Å². The van der Waals surface area contributed by atoms with Crippen LogP contribution in [0.4, 0.5) is 0 Å². The van der Waals surface area contributed by atoms with Crippen LogP contribution in [-0.4, -0.2) is 40.8 Å². The maximum Gasteiger partial charge on any atom is 0.227 e. The molecule has 0 bridgehead atoms. The monoisotopic (exact) mass is 327 g/mol. The first-order valence-electron chi connectivity index (χ1n) is 8.51. The molecule has 2 aromatic rings. The minimum Gasteiger partial charge on any atom is -0.496 e. The number of carbonyl (C=O) groups excluding carboxylic acids is 1. The highest BCUT2D eigenvalue weighted by Crippen LogP contribution is 2.25. The topological polar surface area (TPSA) is 47.4 Å². The first-order valence-corrected chi connectivity index (χ1v) is 8.51. The van der Waals surface area contributed by atoms with E-state index in [0.717, 1.165) is 48.6 Å². The fraction of sp³-hybridized carbons (Fsp3) is 0.474. The van der Waals surface area contributed by atoms with E-state index in [2.05, 4.69) is 22.8 Å². The van der Waals surface area contributed by atoms with E-state index in [9.17, 15) is 4.79 Å². The van der Waals surface area contributed by atoms with Gasteiger partial charge in [0.25, 0.3) is 0 Å². The van der Waals surface area contributed by atoms with Crippen LogP contribution < -0.4 is 4.74 Å². The number of amides is 1. The van der Waals surface area contributed by atoms with Gasteiger partial charge in [-0.15, -0.1) is 0 Å². The summed E-state index contributed by atoms with van der Waals surface area (Å²) in [4.78, 5) is 14.7. The minimum absolute atomic E-state index is 0.158. The summed E-state index contributed by atoms with van der Waals surface area (Å²) < 4.78 is 7.44. The number of aromatic nitrogens is 2. The number of carbonyl (C=O) groups is 1. The van der Waals surface area contributed by atoms with Gasteiger partial charge in [0.05, 0.1) is 25.3 Å². The number of piperidine rings is 1. The molecule has 2 heterocycles. The predicted octanol–water partition coefficient (Wildman–Crippen LogP) is 2.91. The normalized spacial score (nSPS) is 17.8. The lowest BCUT2D eigenvalue weighted by Crippen LogP contribution is -2.41. The molecule has 1 aliphatic heterocycles. The number of likely N-dealkylation sites (tertiary alicyclic amines) is 1. The molecule has 5 heteroatoms. The van der Waals surface area contributed by atoms with Gasteiger partial charge in [0.15, 0.2) is 0 Å². The van der Waals surface area contributed by atoms with Gasteiger partial charge in [0.2, 0.25) is 5.91 Å². The number of methoxy groups -OCH3 is 1. The van der Waals surface area contributed by atoms with Gasteiger partial charge < -0.3 is 9.64 Å². The van der Waals surface area contributed by atoms with Crippen LogP contribution in [0.25, 0.3) is 0 Å². The van der Waals surface area contributed by atoms with Gasteiger partial charge in [-0.2, -0.15) is 5.10 Å². The zero-order valence-electron chi connectivity index (χ0n) is 14.7. The van der Waals surface area contributed by atoms with E-state index in [0.29, 0.717) is 6.42 Å². The third kappa shape index (κ3) is 3.45. The summed E-state index contributed by atoms with van der Waals surface area (Å²) in [5, 5.41) is 4.60. The Hall–Kier alpha value is -2.30. The van der Waals surface area contributed by atoms with Gasteiger partial charge >= 0.3 is 0 Å². The molecule has 1 aromatic heterocycles. The maximum absolute atomic E-state index is 12.7. The number of hydrogen-bond acceptors (Lipinski definition) is 3. The van der Waals surface area contributed by atoms with Crippen molar-refractivity contribution >= 4 is 5.91 Å². The lowest BCUT2D eigenvalue weighted by Gasteiger charge is -2.33. The van der Waals surface area contributed by atoms with Crippen LogP contribution in [-0.2, 0) is 11.2 Å². The molecular formula is C19H25N3O2. The summed E-state index contributed by atoms with van der Waals surface area (Å²) in [6.45, 7) is 5.65. The van der Waals surface area contributed by atoms with Crippen molar-refractivity contribution in [2.75, 3.05) is 20.2 Å². The van der Waals surface area contributed by atoms with E-state index in [1.165, 1.54) is 0 Å². The van der Waals surface area contributed by atoms with E-state index in [-0.39, 0.29) is 11.9 Å². The second kappa shape index (κ2) is 7.07. The first-order chi connectivity index (χ1) is 11.6. The molecule has 128 valence electrons. The van der Waals surface area contributed by atoms with Crippen molar-refractivity contribution in [3.63, 3.8) is 0 Å². The summed E-state index contributed by atoms with van der Waals surface area (Å²) in [6, 6.07) is 10.1. The Bertz CT molecular complexity index is 723. The van der Waals surface area contributed by atoms with E-state index in [1.54, 1.807) is 7.11 Å². The summed E-state index contributed by atoms with van der Waals surface area (Å²) in [6.07, 6.45) is 2.47. The van der Waals surface area contributed by atoms with Crippen LogP contribution in [0.1, 0.15) is 35.8 Å². The van der Waals surface area contributed by atoms with Crippen LogP contribution in [0.3, 0.4) is 0 Å². The van der Waals surface area contributed by atoms with Crippen LogP contribution in [0.5, 0.6) is 5.75 Å². The van der Waals surface area contributed by atoms with Crippen LogP contribution in [0, 0.1) is 13.8 Å². The van der Waals surface area contributed by atoms with Crippen molar-refractivity contribution in [1.82, 2.24) is 14.7 Å². The van der Waals surface area contributed by atoms with Crippen molar-refractivity contribution in [2.45, 2.75) is 39.2 Å². The second-order valence-corrected chi connectivity index (χ2v) is 6.50. The highest BCUT2D eigenvalue weighted by atomic mass is 16.5. The van der Waals surface area contributed by atoms with Gasteiger partial charge in [0, 0.05) is 24.3 Å². The van der Waals surface area contributed by atoms with Gasteiger partial charge in [-0.05, 0) is 38.8 Å². The molecule has 3 rings (SSSR count). The molecule has 1 aliphatic rings. The molecule has 1 atom stereocenters. The Morgan fingerprint density at radius 2 is 2.12 bits per heavy atom. The van der Waals surface area contributed by atoms with Crippen molar-refractivity contribution in [1.29, 1.82) is 0 Å². The van der Waals surface area contributed by atoms with Crippen molar-refractivity contribution in [3.8, 4) is 5.75 Å². The molecule has 1 aromatic carbocycles. The molecule has 1 saturated heterocycles. The summed E-state index contributed by atoms with van der Waals surface area (Å²) in [5.74, 6) is 0.934.